The predicted molar refractivity (Wildman–Crippen MR) is 66.4 cm³/mol. The molecule has 1 aromatic rings. The third-order valence-electron chi connectivity index (χ3n) is 3.02. The Hall–Kier alpha value is -2.17. The Labute approximate surface area is 105 Å². The van der Waals surface area contributed by atoms with Crippen molar-refractivity contribution in [3.8, 4) is 0 Å². The number of carbonyl (C=O) groups excluding carboxylic acids is 3. The molecule has 2 amide bonds. The highest BCUT2D eigenvalue weighted by Crippen LogP contribution is 2.18. The molecule has 0 atom stereocenters. The minimum Gasteiger partial charge on any atom is -0.336 e. The van der Waals surface area contributed by atoms with Crippen LogP contribution < -0.4 is 4.90 Å². The smallest absolute Gasteiger partial charge is 0.316 e. The molecule has 1 aliphatic rings. The van der Waals surface area contributed by atoms with Gasteiger partial charge in [-0.2, -0.15) is 0 Å². The number of hydrogen-bond acceptors (Lipinski definition) is 3. The molecule has 2 rings (SSSR count). The first-order valence-corrected chi connectivity index (χ1v) is 5.68. The van der Waals surface area contributed by atoms with Gasteiger partial charge >= 0.3 is 11.8 Å². The molecule has 1 aromatic carbocycles. The molecule has 1 heterocycles. The van der Waals surface area contributed by atoms with Crippen molar-refractivity contribution >= 4 is 23.3 Å². The zero-order valence-electron chi connectivity index (χ0n) is 10.3. The van der Waals surface area contributed by atoms with Crippen LogP contribution >= 0.6 is 0 Å². The Morgan fingerprint density at radius 2 is 1.67 bits per heavy atom. The van der Waals surface area contributed by atoms with Gasteiger partial charge in [0.1, 0.15) is 0 Å². The summed E-state index contributed by atoms with van der Waals surface area (Å²) in [6, 6.07) is 6.70. The monoisotopic (exact) mass is 246 g/mol. The average Bonchev–Trinajstić information content (AvgIpc) is 2.36. The lowest BCUT2D eigenvalue weighted by atomic mass is 10.1. The number of likely N-dealkylation sites (N-methyl/N-ethyl adjacent to an activating group) is 1. The Bertz CT molecular complexity index is 507. The van der Waals surface area contributed by atoms with Crippen LogP contribution in [0.1, 0.15) is 17.3 Å². The van der Waals surface area contributed by atoms with Gasteiger partial charge in [-0.05, 0) is 31.2 Å². The van der Waals surface area contributed by atoms with Gasteiger partial charge in [-0.3, -0.25) is 14.4 Å². The SMILES string of the molecule is CC(=O)c1ccc(N2CCN(C)C(=O)C2=O)cc1. The van der Waals surface area contributed by atoms with E-state index in [4.69, 9.17) is 0 Å². The van der Waals surface area contributed by atoms with E-state index in [0.717, 1.165) is 0 Å². The molecule has 0 unspecified atom stereocenters. The second-order valence-corrected chi connectivity index (χ2v) is 4.29. The van der Waals surface area contributed by atoms with E-state index < -0.39 is 11.8 Å². The molecule has 1 aliphatic heterocycles. The number of ketones is 1. The average molecular weight is 246 g/mol. The van der Waals surface area contributed by atoms with E-state index in [1.807, 2.05) is 0 Å². The van der Waals surface area contributed by atoms with Crippen LogP contribution in [0.2, 0.25) is 0 Å². The topological polar surface area (TPSA) is 57.7 Å². The number of amides is 2. The first kappa shape index (κ1) is 12.3. The largest absolute Gasteiger partial charge is 0.336 e. The lowest BCUT2D eigenvalue weighted by Crippen LogP contribution is -2.53. The van der Waals surface area contributed by atoms with Gasteiger partial charge in [-0.25, -0.2) is 0 Å². The van der Waals surface area contributed by atoms with Gasteiger partial charge in [0.05, 0.1) is 0 Å². The molecule has 1 fully saturated rings. The van der Waals surface area contributed by atoms with Crippen LogP contribution in [-0.4, -0.2) is 42.6 Å². The summed E-state index contributed by atoms with van der Waals surface area (Å²) in [7, 11) is 1.61. The molecular formula is C13H14N2O3. The Morgan fingerprint density at radius 1 is 1.06 bits per heavy atom. The van der Waals surface area contributed by atoms with Crippen molar-refractivity contribution in [3.05, 3.63) is 29.8 Å². The van der Waals surface area contributed by atoms with Gasteiger partial charge in [-0.1, -0.05) is 0 Å². The maximum Gasteiger partial charge on any atom is 0.316 e. The van der Waals surface area contributed by atoms with Crippen LogP contribution in [0.3, 0.4) is 0 Å². The number of nitrogens with zero attached hydrogens (tertiary/aromatic N) is 2. The Kier molecular flexibility index (Phi) is 3.14. The zero-order chi connectivity index (χ0) is 13.3. The van der Waals surface area contributed by atoms with Gasteiger partial charge in [-0.15, -0.1) is 0 Å². The third-order valence-corrected chi connectivity index (χ3v) is 3.02. The molecule has 0 bridgehead atoms. The fourth-order valence-electron chi connectivity index (χ4n) is 1.85. The minimum atomic E-state index is -0.528. The minimum absolute atomic E-state index is 0.0256. The molecule has 5 heteroatoms. The van der Waals surface area contributed by atoms with Crippen molar-refractivity contribution < 1.29 is 14.4 Å². The van der Waals surface area contributed by atoms with Crippen molar-refractivity contribution in [1.29, 1.82) is 0 Å². The normalized spacial score (nSPS) is 16.1. The van der Waals surface area contributed by atoms with Gasteiger partial charge in [0, 0.05) is 31.4 Å². The number of Topliss-reactive ketones (excluding diaryl/α,β-unsaturated/α-hetero) is 1. The predicted octanol–water partition coefficient (Wildman–Crippen LogP) is 0.694. The van der Waals surface area contributed by atoms with E-state index in [-0.39, 0.29) is 5.78 Å². The summed E-state index contributed by atoms with van der Waals surface area (Å²) in [6.07, 6.45) is 0. The van der Waals surface area contributed by atoms with Crippen molar-refractivity contribution in [2.75, 3.05) is 25.0 Å². The highest BCUT2D eigenvalue weighted by Gasteiger charge is 2.31. The maximum absolute atomic E-state index is 11.8. The quantitative estimate of drug-likeness (QED) is 0.570. The number of carbonyl (C=O) groups is 3. The van der Waals surface area contributed by atoms with Crippen LogP contribution in [0.25, 0.3) is 0 Å². The van der Waals surface area contributed by atoms with Crippen molar-refractivity contribution in [2.24, 2.45) is 0 Å². The van der Waals surface area contributed by atoms with E-state index in [1.54, 1.807) is 31.3 Å². The second-order valence-electron chi connectivity index (χ2n) is 4.29. The molecule has 18 heavy (non-hydrogen) atoms. The zero-order valence-corrected chi connectivity index (χ0v) is 10.3. The summed E-state index contributed by atoms with van der Waals surface area (Å²) in [5.74, 6) is -1.06. The number of benzene rings is 1. The molecule has 5 nitrogen and oxygen atoms in total. The lowest BCUT2D eigenvalue weighted by molar-refractivity contribution is -0.145. The first-order chi connectivity index (χ1) is 8.50. The van der Waals surface area contributed by atoms with Crippen LogP contribution in [0.15, 0.2) is 24.3 Å². The van der Waals surface area contributed by atoms with Gasteiger partial charge in [0.25, 0.3) is 0 Å². The van der Waals surface area contributed by atoms with E-state index in [0.29, 0.717) is 24.3 Å². The molecule has 1 saturated heterocycles. The van der Waals surface area contributed by atoms with E-state index in [1.165, 1.54) is 16.7 Å². The summed E-state index contributed by atoms with van der Waals surface area (Å²) in [6.45, 7) is 2.47. The summed E-state index contributed by atoms with van der Waals surface area (Å²) >= 11 is 0. The molecule has 94 valence electrons. The van der Waals surface area contributed by atoms with Gasteiger partial charge < -0.3 is 9.80 Å². The molecule has 0 aliphatic carbocycles. The second kappa shape index (κ2) is 4.60. The number of rotatable bonds is 2. The molecule has 0 saturated carbocycles. The number of piperazine rings is 1. The summed E-state index contributed by atoms with van der Waals surface area (Å²) < 4.78 is 0. The Balaban J connectivity index is 2.24. The molecule has 0 spiro atoms. The van der Waals surface area contributed by atoms with Gasteiger partial charge in [0.15, 0.2) is 5.78 Å². The van der Waals surface area contributed by atoms with Crippen LogP contribution in [0.5, 0.6) is 0 Å². The third kappa shape index (κ3) is 2.11. The van der Waals surface area contributed by atoms with E-state index in [9.17, 15) is 14.4 Å². The van der Waals surface area contributed by atoms with Gasteiger partial charge in [0.2, 0.25) is 0 Å². The molecule has 0 aromatic heterocycles. The van der Waals surface area contributed by atoms with Crippen LogP contribution in [0.4, 0.5) is 5.69 Å². The van der Waals surface area contributed by atoms with Crippen LogP contribution in [0, 0.1) is 0 Å². The standard InChI is InChI=1S/C13H14N2O3/c1-9(16)10-3-5-11(6-4-10)15-8-7-14(2)12(17)13(15)18/h3-6H,7-8H2,1-2H3. The van der Waals surface area contributed by atoms with Crippen molar-refractivity contribution in [3.63, 3.8) is 0 Å². The molecular weight excluding hydrogens is 232 g/mol. The number of anilines is 1. The fraction of sp³-hybridized carbons (Fsp3) is 0.308. The number of hydrogen-bond donors (Lipinski definition) is 0. The molecule has 0 radical (unpaired) electrons. The molecule has 0 N–H and O–H groups in total. The fourth-order valence-corrected chi connectivity index (χ4v) is 1.85. The lowest BCUT2D eigenvalue weighted by Gasteiger charge is -2.31. The Morgan fingerprint density at radius 3 is 2.22 bits per heavy atom. The highest BCUT2D eigenvalue weighted by atomic mass is 16.2. The summed E-state index contributed by atoms with van der Waals surface area (Å²) in [4.78, 5) is 37.4. The highest BCUT2D eigenvalue weighted by molar-refractivity contribution is 6.40. The van der Waals surface area contributed by atoms with E-state index >= 15 is 0 Å². The first-order valence-electron chi connectivity index (χ1n) is 5.68. The van der Waals surface area contributed by atoms with Crippen molar-refractivity contribution in [1.82, 2.24) is 4.90 Å². The van der Waals surface area contributed by atoms with Crippen molar-refractivity contribution in [2.45, 2.75) is 6.92 Å². The summed E-state index contributed by atoms with van der Waals surface area (Å²) in [5.41, 5.74) is 1.23. The van der Waals surface area contributed by atoms with E-state index in [2.05, 4.69) is 0 Å². The maximum atomic E-state index is 11.8. The summed E-state index contributed by atoms with van der Waals surface area (Å²) in [5, 5.41) is 0. The van der Waals surface area contributed by atoms with Crippen LogP contribution in [-0.2, 0) is 9.59 Å².